The number of rotatable bonds is 5. The zero-order chi connectivity index (χ0) is 14.8. The van der Waals surface area contributed by atoms with E-state index in [2.05, 4.69) is 5.32 Å². The van der Waals surface area contributed by atoms with Crippen LogP contribution in [0.15, 0.2) is 29.2 Å². The van der Waals surface area contributed by atoms with Crippen LogP contribution in [-0.2, 0) is 10.0 Å². The number of aliphatic hydroxyl groups excluding tert-OH is 1. The second-order valence-corrected chi connectivity index (χ2v) is 7.10. The van der Waals surface area contributed by atoms with Crippen LogP contribution in [0.25, 0.3) is 0 Å². The van der Waals surface area contributed by atoms with Gasteiger partial charge in [0.05, 0.1) is 11.0 Å². The fourth-order valence-electron chi connectivity index (χ4n) is 2.45. The lowest BCUT2D eigenvalue weighted by Gasteiger charge is -2.18. The molecule has 0 aliphatic carbocycles. The molecule has 0 aromatic heterocycles. The molecule has 2 unspecified atom stereocenters. The largest absolute Gasteiger partial charge is 0.392 e. The van der Waals surface area contributed by atoms with Crippen LogP contribution in [0, 0.1) is 0 Å². The van der Waals surface area contributed by atoms with E-state index in [0.717, 1.165) is 12.1 Å². The van der Waals surface area contributed by atoms with Gasteiger partial charge < -0.3 is 10.4 Å². The second-order valence-electron chi connectivity index (χ2n) is 5.16. The van der Waals surface area contributed by atoms with E-state index in [1.165, 1.54) is 4.31 Å². The van der Waals surface area contributed by atoms with Gasteiger partial charge in [-0.05, 0) is 37.6 Å². The summed E-state index contributed by atoms with van der Waals surface area (Å²) in [6, 6.07) is 7.13. The Morgan fingerprint density at radius 1 is 1.50 bits per heavy atom. The van der Waals surface area contributed by atoms with Gasteiger partial charge in [-0.3, -0.25) is 0 Å². The van der Waals surface area contributed by atoms with Gasteiger partial charge in [0.2, 0.25) is 10.0 Å². The first-order valence-electron chi connectivity index (χ1n) is 6.96. The van der Waals surface area contributed by atoms with E-state index in [-0.39, 0.29) is 12.6 Å². The van der Waals surface area contributed by atoms with Crippen LogP contribution < -0.4 is 5.32 Å². The van der Waals surface area contributed by atoms with Gasteiger partial charge in [-0.15, -0.1) is 0 Å². The third-order valence-corrected chi connectivity index (χ3v) is 5.49. The van der Waals surface area contributed by atoms with E-state index in [0.29, 0.717) is 17.9 Å². The molecule has 1 aromatic carbocycles. The fourth-order valence-corrected chi connectivity index (χ4v) is 3.99. The van der Waals surface area contributed by atoms with Gasteiger partial charge in [0.15, 0.2) is 0 Å². The maximum atomic E-state index is 12.5. The van der Waals surface area contributed by atoms with Crippen molar-refractivity contribution in [1.29, 1.82) is 0 Å². The van der Waals surface area contributed by atoms with Crippen LogP contribution in [0.2, 0.25) is 0 Å². The van der Waals surface area contributed by atoms with Crippen LogP contribution in [0.1, 0.15) is 31.9 Å². The van der Waals surface area contributed by atoms with E-state index < -0.39 is 16.1 Å². The first-order chi connectivity index (χ1) is 9.45. The zero-order valence-corrected chi connectivity index (χ0v) is 12.7. The summed E-state index contributed by atoms with van der Waals surface area (Å²) in [5.41, 5.74) is 0.952. The summed E-state index contributed by atoms with van der Waals surface area (Å²) in [7, 11) is -3.50. The van der Waals surface area contributed by atoms with Crippen LogP contribution in [0.4, 0.5) is 0 Å². The molecule has 1 heterocycles. The van der Waals surface area contributed by atoms with Gasteiger partial charge in [0.1, 0.15) is 0 Å². The van der Waals surface area contributed by atoms with Crippen molar-refractivity contribution in [1.82, 2.24) is 9.62 Å². The maximum Gasteiger partial charge on any atom is 0.243 e. The Bertz CT molecular complexity index is 559. The predicted molar refractivity (Wildman–Crippen MR) is 77.9 cm³/mol. The van der Waals surface area contributed by atoms with E-state index in [1.807, 2.05) is 19.9 Å². The summed E-state index contributed by atoms with van der Waals surface area (Å²) in [5.74, 6) is 0. The van der Waals surface area contributed by atoms with E-state index in [1.54, 1.807) is 18.2 Å². The predicted octanol–water partition coefficient (Wildman–Crippen LogP) is 1.11. The van der Waals surface area contributed by atoms with Crippen molar-refractivity contribution in [2.75, 3.05) is 19.6 Å². The Labute approximate surface area is 120 Å². The van der Waals surface area contributed by atoms with Crippen LogP contribution in [0.3, 0.4) is 0 Å². The molecule has 0 radical (unpaired) electrons. The first-order valence-corrected chi connectivity index (χ1v) is 8.40. The van der Waals surface area contributed by atoms with Gasteiger partial charge in [0, 0.05) is 19.1 Å². The topological polar surface area (TPSA) is 69.6 Å². The van der Waals surface area contributed by atoms with Gasteiger partial charge in [0.25, 0.3) is 0 Å². The highest BCUT2D eigenvalue weighted by Gasteiger charge is 2.31. The van der Waals surface area contributed by atoms with Crippen molar-refractivity contribution in [3.63, 3.8) is 0 Å². The monoisotopic (exact) mass is 298 g/mol. The lowest BCUT2D eigenvalue weighted by molar-refractivity contribution is 0.189. The van der Waals surface area contributed by atoms with E-state index >= 15 is 0 Å². The summed E-state index contributed by atoms with van der Waals surface area (Å²) >= 11 is 0. The number of nitrogens with zero attached hydrogens (tertiary/aromatic N) is 1. The summed E-state index contributed by atoms with van der Waals surface area (Å²) < 4.78 is 26.4. The zero-order valence-electron chi connectivity index (χ0n) is 11.9. The number of nitrogens with one attached hydrogen (secondary N) is 1. The molecular weight excluding hydrogens is 276 g/mol. The third kappa shape index (κ3) is 3.20. The van der Waals surface area contributed by atoms with Gasteiger partial charge >= 0.3 is 0 Å². The van der Waals surface area contributed by atoms with Crippen molar-refractivity contribution in [3.8, 4) is 0 Å². The molecule has 20 heavy (non-hydrogen) atoms. The van der Waals surface area contributed by atoms with Crippen molar-refractivity contribution < 1.29 is 13.5 Å². The lowest BCUT2D eigenvalue weighted by atomic mass is 10.1. The standard InChI is InChI=1S/C14H22N2O3S/c1-3-15-11(2)12-5-4-6-14(9-12)20(18,19)16-8-7-13(17)10-16/h4-6,9,11,13,15,17H,3,7-8,10H2,1-2H3. The Morgan fingerprint density at radius 3 is 2.85 bits per heavy atom. The molecule has 1 aromatic rings. The highest BCUT2D eigenvalue weighted by atomic mass is 32.2. The van der Waals surface area contributed by atoms with Crippen LogP contribution >= 0.6 is 0 Å². The molecule has 0 saturated carbocycles. The molecule has 0 amide bonds. The van der Waals surface area contributed by atoms with Crippen LogP contribution in [0.5, 0.6) is 0 Å². The number of aliphatic hydroxyl groups is 1. The molecule has 112 valence electrons. The molecule has 1 aliphatic rings. The number of hydrogen-bond donors (Lipinski definition) is 2. The molecule has 1 aliphatic heterocycles. The molecule has 2 atom stereocenters. The molecule has 5 nitrogen and oxygen atoms in total. The molecule has 2 rings (SSSR count). The minimum atomic E-state index is -3.50. The van der Waals surface area contributed by atoms with Gasteiger partial charge in [-0.1, -0.05) is 19.1 Å². The molecule has 2 N–H and O–H groups in total. The van der Waals surface area contributed by atoms with Gasteiger partial charge in [-0.25, -0.2) is 8.42 Å². The third-order valence-electron chi connectivity index (χ3n) is 3.63. The number of hydrogen-bond acceptors (Lipinski definition) is 4. The lowest BCUT2D eigenvalue weighted by Crippen LogP contribution is -2.30. The normalized spacial score (nSPS) is 22.1. The summed E-state index contributed by atoms with van der Waals surface area (Å²) in [6.45, 7) is 5.43. The molecule has 1 saturated heterocycles. The fraction of sp³-hybridized carbons (Fsp3) is 0.571. The summed E-state index contributed by atoms with van der Waals surface area (Å²) in [6.07, 6.45) is -0.0409. The van der Waals surface area contributed by atoms with Crippen LogP contribution in [-0.4, -0.2) is 43.6 Å². The minimum Gasteiger partial charge on any atom is -0.392 e. The van der Waals surface area contributed by atoms with Crippen molar-refractivity contribution in [3.05, 3.63) is 29.8 Å². The molecule has 0 bridgehead atoms. The Hall–Kier alpha value is -0.950. The highest BCUT2D eigenvalue weighted by Crippen LogP contribution is 2.23. The average molecular weight is 298 g/mol. The molecular formula is C14H22N2O3S. The van der Waals surface area contributed by atoms with Crippen molar-refractivity contribution in [2.24, 2.45) is 0 Å². The average Bonchev–Trinajstić information content (AvgIpc) is 2.86. The Morgan fingerprint density at radius 2 is 2.25 bits per heavy atom. The van der Waals surface area contributed by atoms with Crippen molar-refractivity contribution >= 4 is 10.0 Å². The molecule has 0 spiro atoms. The van der Waals surface area contributed by atoms with E-state index in [4.69, 9.17) is 0 Å². The van der Waals surface area contributed by atoms with Crippen molar-refractivity contribution in [2.45, 2.75) is 37.3 Å². The molecule has 1 fully saturated rings. The Balaban J connectivity index is 2.26. The number of benzene rings is 1. The number of sulfonamides is 1. The quantitative estimate of drug-likeness (QED) is 0.854. The SMILES string of the molecule is CCNC(C)c1cccc(S(=O)(=O)N2CCC(O)C2)c1. The second kappa shape index (κ2) is 6.22. The maximum absolute atomic E-state index is 12.5. The minimum absolute atomic E-state index is 0.110. The number of β-amino-alcohol motifs (C(OH)–C–C–N with tert-alkyl or cyclic N) is 1. The Kier molecular flexibility index (Phi) is 4.80. The summed E-state index contributed by atoms with van der Waals surface area (Å²) in [4.78, 5) is 0.300. The summed E-state index contributed by atoms with van der Waals surface area (Å²) in [5, 5.41) is 12.8. The van der Waals surface area contributed by atoms with Gasteiger partial charge in [-0.2, -0.15) is 4.31 Å². The first kappa shape index (κ1) is 15.4. The highest BCUT2D eigenvalue weighted by molar-refractivity contribution is 7.89. The molecule has 6 heteroatoms. The smallest absolute Gasteiger partial charge is 0.243 e. The van der Waals surface area contributed by atoms with E-state index in [9.17, 15) is 13.5 Å².